The van der Waals surface area contributed by atoms with Crippen molar-refractivity contribution >= 4 is 40.4 Å². The number of amides is 2. The minimum Gasteiger partial charge on any atom is -0.350 e. The standard InChI is InChI=1S/C26H23ClN2O2/c1-15-9-12-21(18(4)13-15)28-24-23(19-11-10-16(2)17(3)14-19)25(30)29(26(24)31)22-8-6-5-7-20(22)27/h5-14,28H,1-4H3. The van der Waals surface area contributed by atoms with Crippen molar-refractivity contribution in [3.8, 4) is 0 Å². The van der Waals surface area contributed by atoms with Crippen molar-refractivity contribution in [1.29, 1.82) is 0 Å². The van der Waals surface area contributed by atoms with Crippen molar-refractivity contribution in [1.82, 2.24) is 0 Å². The Hall–Kier alpha value is -3.37. The van der Waals surface area contributed by atoms with Crippen LogP contribution in [-0.4, -0.2) is 11.8 Å². The van der Waals surface area contributed by atoms with E-state index in [1.807, 2.05) is 64.1 Å². The van der Waals surface area contributed by atoms with E-state index in [2.05, 4.69) is 5.32 Å². The van der Waals surface area contributed by atoms with E-state index < -0.39 is 11.8 Å². The highest BCUT2D eigenvalue weighted by Gasteiger charge is 2.41. The third-order valence-electron chi connectivity index (χ3n) is 5.61. The van der Waals surface area contributed by atoms with Crippen LogP contribution >= 0.6 is 11.6 Å². The van der Waals surface area contributed by atoms with Crippen LogP contribution in [0.4, 0.5) is 11.4 Å². The van der Waals surface area contributed by atoms with Gasteiger partial charge in [0.25, 0.3) is 11.8 Å². The molecule has 4 rings (SSSR count). The summed E-state index contributed by atoms with van der Waals surface area (Å²) in [4.78, 5) is 28.2. The number of hydrogen-bond acceptors (Lipinski definition) is 3. The summed E-state index contributed by atoms with van der Waals surface area (Å²) >= 11 is 6.34. The van der Waals surface area contributed by atoms with Crippen LogP contribution in [0.1, 0.15) is 27.8 Å². The Bertz CT molecular complexity index is 1260. The van der Waals surface area contributed by atoms with Gasteiger partial charge in [0.05, 0.1) is 16.3 Å². The molecule has 0 aromatic heterocycles. The van der Waals surface area contributed by atoms with Crippen molar-refractivity contribution in [2.45, 2.75) is 27.7 Å². The average molecular weight is 431 g/mol. The summed E-state index contributed by atoms with van der Waals surface area (Å²) in [6.45, 7) is 7.99. The van der Waals surface area contributed by atoms with Gasteiger partial charge >= 0.3 is 0 Å². The molecule has 0 aliphatic carbocycles. The Balaban J connectivity index is 1.88. The summed E-state index contributed by atoms with van der Waals surface area (Å²) < 4.78 is 0. The maximum Gasteiger partial charge on any atom is 0.282 e. The summed E-state index contributed by atoms with van der Waals surface area (Å²) in [5, 5.41) is 3.59. The molecule has 1 aliphatic heterocycles. The van der Waals surface area contributed by atoms with Crippen LogP contribution in [0.5, 0.6) is 0 Å². The maximum absolute atomic E-state index is 13.6. The van der Waals surface area contributed by atoms with E-state index in [1.165, 1.54) is 0 Å². The lowest BCUT2D eigenvalue weighted by Crippen LogP contribution is -2.32. The molecule has 5 heteroatoms. The number of rotatable bonds is 4. The van der Waals surface area contributed by atoms with Crippen LogP contribution in [0.15, 0.2) is 66.4 Å². The van der Waals surface area contributed by atoms with Gasteiger partial charge in [-0.2, -0.15) is 0 Å². The van der Waals surface area contributed by atoms with Gasteiger partial charge in [-0.1, -0.05) is 59.6 Å². The molecule has 156 valence electrons. The van der Waals surface area contributed by atoms with Crippen LogP contribution < -0.4 is 10.2 Å². The number of carbonyl (C=O) groups is 2. The normalized spacial score (nSPS) is 13.9. The summed E-state index contributed by atoms with van der Waals surface area (Å²) in [6, 6.07) is 18.6. The molecule has 0 saturated heterocycles. The van der Waals surface area contributed by atoms with E-state index >= 15 is 0 Å². The minimum absolute atomic E-state index is 0.250. The Morgan fingerprint density at radius 3 is 2.19 bits per heavy atom. The first-order valence-electron chi connectivity index (χ1n) is 10.1. The highest BCUT2D eigenvalue weighted by Crippen LogP contribution is 2.37. The molecule has 1 aliphatic rings. The van der Waals surface area contributed by atoms with E-state index in [0.29, 0.717) is 21.8 Å². The molecular formula is C26H23ClN2O2. The van der Waals surface area contributed by atoms with Crippen LogP contribution in [0.25, 0.3) is 5.57 Å². The molecular weight excluding hydrogens is 408 g/mol. The third-order valence-corrected chi connectivity index (χ3v) is 5.93. The smallest absolute Gasteiger partial charge is 0.282 e. The molecule has 31 heavy (non-hydrogen) atoms. The maximum atomic E-state index is 13.6. The van der Waals surface area contributed by atoms with Gasteiger partial charge in [0.15, 0.2) is 0 Å². The Morgan fingerprint density at radius 2 is 1.52 bits per heavy atom. The summed E-state index contributed by atoms with van der Waals surface area (Å²) in [6.07, 6.45) is 0. The number of nitrogens with one attached hydrogen (secondary N) is 1. The quantitative estimate of drug-likeness (QED) is 0.518. The van der Waals surface area contributed by atoms with Crippen molar-refractivity contribution in [2.75, 3.05) is 10.2 Å². The number of hydrogen-bond donors (Lipinski definition) is 1. The van der Waals surface area contributed by atoms with Crippen LogP contribution in [-0.2, 0) is 9.59 Å². The number of nitrogens with zero attached hydrogens (tertiary/aromatic N) is 1. The van der Waals surface area contributed by atoms with Gasteiger partial charge < -0.3 is 5.32 Å². The fraction of sp³-hybridized carbons (Fsp3) is 0.154. The van der Waals surface area contributed by atoms with Crippen molar-refractivity contribution in [3.05, 3.63) is 99.2 Å². The molecule has 3 aromatic carbocycles. The zero-order valence-electron chi connectivity index (χ0n) is 17.9. The highest BCUT2D eigenvalue weighted by molar-refractivity contribution is 6.48. The molecule has 0 radical (unpaired) electrons. The van der Waals surface area contributed by atoms with Crippen molar-refractivity contribution < 1.29 is 9.59 Å². The SMILES string of the molecule is Cc1ccc(NC2=C(c3ccc(C)c(C)c3)C(=O)N(c3ccccc3Cl)C2=O)c(C)c1. The molecule has 0 fully saturated rings. The lowest BCUT2D eigenvalue weighted by Gasteiger charge is -2.17. The average Bonchev–Trinajstić information content (AvgIpc) is 2.96. The Labute approximate surface area is 187 Å². The van der Waals surface area contributed by atoms with Crippen LogP contribution in [0.3, 0.4) is 0 Å². The van der Waals surface area contributed by atoms with E-state index in [9.17, 15) is 9.59 Å². The first-order valence-corrected chi connectivity index (χ1v) is 10.4. The molecule has 0 unspecified atom stereocenters. The molecule has 1 heterocycles. The number of para-hydroxylation sites is 1. The van der Waals surface area contributed by atoms with Gasteiger partial charge in [-0.3, -0.25) is 9.59 Å². The van der Waals surface area contributed by atoms with Gasteiger partial charge in [-0.05, 0) is 68.1 Å². The second kappa shape index (κ2) is 8.05. The fourth-order valence-electron chi connectivity index (χ4n) is 3.75. The topological polar surface area (TPSA) is 49.4 Å². The number of imide groups is 1. The summed E-state index contributed by atoms with van der Waals surface area (Å²) in [7, 11) is 0. The third kappa shape index (κ3) is 3.75. The zero-order valence-corrected chi connectivity index (χ0v) is 18.7. The summed E-state index contributed by atoms with van der Waals surface area (Å²) in [5.74, 6) is -0.820. The Morgan fingerprint density at radius 1 is 0.774 bits per heavy atom. The zero-order chi connectivity index (χ0) is 22.3. The second-order valence-corrected chi connectivity index (χ2v) is 8.30. The predicted octanol–water partition coefficient (Wildman–Crippen LogP) is 5.97. The predicted molar refractivity (Wildman–Crippen MR) is 126 cm³/mol. The molecule has 0 bridgehead atoms. The molecule has 0 atom stereocenters. The Kier molecular flexibility index (Phi) is 5.42. The highest BCUT2D eigenvalue weighted by atomic mass is 35.5. The monoisotopic (exact) mass is 430 g/mol. The largest absolute Gasteiger partial charge is 0.350 e. The summed E-state index contributed by atoms with van der Waals surface area (Å²) in [5.41, 5.74) is 6.72. The van der Waals surface area contributed by atoms with E-state index in [-0.39, 0.29) is 5.70 Å². The number of anilines is 2. The molecule has 0 saturated carbocycles. The number of carbonyl (C=O) groups excluding carboxylic acids is 2. The van der Waals surface area contributed by atoms with Gasteiger partial charge in [0.1, 0.15) is 5.70 Å². The molecule has 2 amide bonds. The van der Waals surface area contributed by atoms with Gasteiger partial charge in [0, 0.05) is 5.69 Å². The first kappa shape index (κ1) is 20.9. The van der Waals surface area contributed by atoms with E-state index in [4.69, 9.17) is 11.6 Å². The van der Waals surface area contributed by atoms with Crippen molar-refractivity contribution in [3.63, 3.8) is 0 Å². The minimum atomic E-state index is -0.425. The van der Waals surface area contributed by atoms with Crippen molar-refractivity contribution in [2.24, 2.45) is 0 Å². The lowest BCUT2D eigenvalue weighted by atomic mass is 9.99. The number of halogens is 1. The fourth-order valence-corrected chi connectivity index (χ4v) is 3.97. The molecule has 3 aromatic rings. The van der Waals surface area contributed by atoms with Crippen LogP contribution in [0.2, 0.25) is 5.02 Å². The van der Waals surface area contributed by atoms with E-state index in [0.717, 1.165) is 32.8 Å². The van der Waals surface area contributed by atoms with E-state index in [1.54, 1.807) is 24.3 Å². The number of aryl methyl sites for hydroxylation is 4. The molecule has 0 spiro atoms. The molecule has 1 N–H and O–H groups in total. The van der Waals surface area contributed by atoms with Gasteiger partial charge in [-0.25, -0.2) is 4.90 Å². The van der Waals surface area contributed by atoms with Gasteiger partial charge in [-0.15, -0.1) is 0 Å². The first-order chi connectivity index (χ1) is 14.8. The van der Waals surface area contributed by atoms with Crippen LogP contribution in [0, 0.1) is 27.7 Å². The number of benzene rings is 3. The lowest BCUT2D eigenvalue weighted by molar-refractivity contribution is -0.120. The van der Waals surface area contributed by atoms with Gasteiger partial charge in [0.2, 0.25) is 0 Å². The second-order valence-electron chi connectivity index (χ2n) is 7.89. The molecule has 4 nitrogen and oxygen atoms in total.